The summed E-state index contributed by atoms with van der Waals surface area (Å²) in [6.45, 7) is 2.03. The number of rotatable bonds is 6. The number of imidazole rings is 1. The van der Waals surface area contributed by atoms with E-state index in [1.165, 1.54) is 0 Å². The number of hydrogen-bond acceptors (Lipinski definition) is 7. The van der Waals surface area contributed by atoms with Gasteiger partial charge >= 0.3 is 0 Å². The number of anilines is 2. The summed E-state index contributed by atoms with van der Waals surface area (Å²) in [6.07, 6.45) is 2.31. The highest BCUT2D eigenvalue weighted by Crippen LogP contribution is 2.32. The van der Waals surface area contributed by atoms with Crippen LogP contribution in [0.5, 0.6) is 0 Å². The fourth-order valence-corrected chi connectivity index (χ4v) is 3.84. The maximum absolute atomic E-state index is 11.9. The summed E-state index contributed by atoms with van der Waals surface area (Å²) in [6, 6.07) is 17.9. The number of fused-ring (bicyclic) bond motifs is 1. The van der Waals surface area contributed by atoms with E-state index in [0.717, 1.165) is 40.3 Å². The fraction of sp³-hybridized carbons (Fsp3) is 0.130. The first-order valence-corrected chi connectivity index (χ1v) is 10.4. The zero-order valence-corrected chi connectivity index (χ0v) is 18.1. The van der Waals surface area contributed by atoms with Gasteiger partial charge in [-0.1, -0.05) is 43.3 Å². The number of carbonyl (C=O) groups excluding carboxylic acids is 1. The second-order valence-corrected chi connectivity index (χ2v) is 7.49. The van der Waals surface area contributed by atoms with Gasteiger partial charge in [0.15, 0.2) is 5.65 Å². The summed E-state index contributed by atoms with van der Waals surface area (Å²) in [5.74, 6) is 0.831. The molecule has 5 rings (SSSR count). The second kappa shape index (κ2) is 8.15. The van der Waals surface area contributed by atoms with E-state index >= 15 is 0 Å². The van der Waals surface area contributed by atoms with Gasteiger partial charge in [-0.05, 0) is 34.9 Å². The fourth-order valence-electron chi connectivity index (χ4n) is 3.84. The van der Waals surface area contributed by atoms with Gasteiger partial charge in [0.1, 0.15) is 5.82 Å². The zero-order valence-electron chi connectivity index (χ0n) is 18.1. The number of tetrazole rings is 1. The van der Waals surface area contributed by atoms with Crippen molar-refractivity contribution < 1.29 is 4.79 Å². The number of carbonyl (C=O) groups is 1. The number of H-pyrrole nitrogens is 1. The normalized spacial score (nSPS) is 11.1. The van der Waals surface area contributed by atoms with Crippen molar-refractivity contribution in [2.24, 2.45) is 5.73 Å². The first kappa shape index (κ1) is 20.3. The SMILES string of the molecule is CCc1cc(N(C)c2ccc(-c3ccccc3-c3nn[nH]n3)cc2)n2c(C(N)=O)ncc2n1. The molecule has 164 valence electrons. The molecule has 0 aliphatic carbocycles. The zero-order chi connectivity index (χ0) is 22.9. The van der Waals surface area contributed by atoms with E-state index in [-0.39, 0.29) is 5.82 Å². The number of primary amides is 1. The monoisotopic (exact) mass is 439 g/mol. The maximum Gasteiger partial charge on any atom is 0.285 e. The van der Waals surface area contributed by atoms with Crippen molar-refractivity contribution in [1.29, 1.82) is 0 Å². The molecule has 10 nitrogen and oxygen atoms in total. The van der Waals surface area contributed by atoms with E-state index in [0.29, 0.717) is 11.5 Å². The van der Waals surface area contributed by atoms with Crippen LogP contribution in [0.4, 0.5) is 11.5 Å². The lowest BCUT2D eigenvalue weighted by atomic mass is 9.99. The third-order valence-electron chi connectivity index (χ3n) is 5.53. The van der Waals surface area contributed by atoms with Crippen LogP contribution in [0.2, 0.25) is 0 Å². The number of amides is 1. The average molecular weight is 439 g/mol. The Labute approximate surface area is 189 Å². The highest BCUT2D eigenvalue weighted by Gasteiger charge is 2.18. The molecule has 0 atom stereocenters. The molecule has 0 aliphatic rings. The van der Waals surface area contributed by atoms with E-state index in [1.807, 2.05) is 73.5 Å². The van der Waals surface area contributed by atoms with Crippen LogP contribution in [-0.2, 0) is 6.42 Å². The molecule has 3 N–H and O–H groups in total. The number of aromatic nitrogens is 7. The minimum Gasteiger partial charge on any atom is -0.363 e. The standard InChI is InChI=1S/C23H21N9O/c1-3-15-12-20(32-19(26-15)13-25-23(32)21(24)33)31(2)16-10-8-14(9-11-16)17-6-4-5-7-18(17)22-27-29-30-28-22/h4-13H,3H2,1-2H3,(H2,24,33)(H,27,28,29,30). The summed E-state index contributed by atoms with van der Waals surface area (Å²) in [5, 5.41) is 14.4. The minimum absolute atomic E-state index is 0.146. The molecule has 3 aromatic heterocycles. The number of hydrogen-bond donors (Lipinski definition) is 2. The Morgan fingerprint density at radius 1 is 1.12 bits per heavy atom. The van der Waals surface area contributed by atoms with Gasteiger partial charge in [-0.25, -0.2) is 9.97 Å². The summed E-state index contributed by atoms with van der Waals surface area (Å²) >= 11 is 0. The van der Waals surface area contributed by atoms with Crippen LogP contribution in [0, 0.1) is 0 Å². The number of nitrogens with two attached hydrogens (primary N) is 1. The molecular weight excluding hydrogens is 418 g/mol. The molecule has 5 aromatic rings. The van der Waals surface area contributed by atoms with Gasteiger partial charge in [0.05, 0.1) is 6.20 Å². The van der Waals surface area contributed by atoms with E-state index in [9.17, 15) is 4.79 Å². The Morgan fingerprint density at radius 3 is 2.55 bits per heavy atom. The molecular formula is C23H21N9O. The van der Waals surface area contributed by atoms with E-state index in [1.54, 1.807) is 10.6 Å². The Balaban J connectivity index is 1.56. The molecule has 0 spiro atoms. The lowest BCUT2D eigenvalue weighted by molar-refractivity contribution is 0.0990. The van der Waals surface area contributed by atoms with Gasteiger partial charge in [-0.2, -0.15) is 5.21 Å². The van der Waals surface area contributed by atoms with E-state index in [4.69, 9.17) is 5.73 Å². The van der Waals surface area contributed by atoms with Crippen LogP contribution in [0.3, 0.4) is 0 Å². The molecule has 0 saturated heterocycles. The highest BCUT2D eigenvalue weighted by molar-refractivity contribution is 5.91. The van der Waals surface area contributed by atoms with Crippen LogP contribution in [0.25, 0.3) is 28.2 Å². The Bertz CT molecular complexity index is 1440. The lowest BCUT2D eigenvalue weighted by Gasteiger charge is -2.22. The molecule has 2 aromatic carbocycles. The average Bonchev–Trinajstić information content (AvgIpc) is 3.53. The van der Waals surface area contributed by atoms with Gasteiger partial charge in [0.2, 0.25) is 11.6 Å². The summed E-state index contributed by atoms with van der Waals surface area (Å²) in [4.78, 5) is 22.7. The molecule has 0 saturated carbocycles. The third-order valence-corrected chi connectivity index (χ3v) is 5.53. The molecule has 0 aliphatic heterocycles. The van der Waals surface area contributed by atoms with Crippen molar-refractivity contribution in [3.8, 4) is 22.5 Å². The number of nitrogens with one attached hydrogen (secondary N) is 1. The van der Waals surface area contributed by atoms with Crippen molar-refractivity contribution in [2.75, 3.05) is 11.9 Å². The van der Waals surface area contributed by atoms with Crippen LogP contribution >= 0.6 is 0 Å². The first-order valence-electron chi connectivity index (χ1n) is 10.4. The molecule has 1 amide bonds. The third kappa shape index (κ3) is 3.57. The second-order valence-electron chi connectivity index (χ2n) is 7.49. The van der Waals surface area contributed by atoms with Crippen molar-refractivity contribution in [2.45, 2.75) is 13.3 Å². The Kier molecular flexibility index (Phi) is 5.02. The van der Waals surface area contributed by atoms with Gasteiger partial charge in [-0.3, -0.25) is 9.20 Å². The molecule has 0 radical (unpaired) electrons. The van der Waals surface area contributed by atoms with Crippen molar-refractivity contribution in [1.82, 2.24) is 35.0 Å². The smallest absolute Gasteiger partial charge is 0.285 e. The van der Waals surface area contributed by atoms with Crippen LogP contribution in [0.15, 0.2) is 60.8 Å². The number of aryl methyl sites for hydroxylation is 1. The van der Waals surface area contributed by atoms with Crippen molar-refractivity contribution in [3.63, 3.8) is 0 Å². The number of benzene rings is 2. The van der Waals surface area contributed by atoms with Crippen molar-refractivity contribution >= 4 is 23.1 Å². The van der Waals surface area contributed by atoms with Gasteiger partial charge < -0.3 is 10.6 Å². The quantitative estimate of drug-likeness (QED) is 0.416. The predicted molar refractivity (Wildman–Crippen MR) is 124 cm³/mol. The summed E-state index contributed by atoms with van der Waals surface area (Å²) in [5.41, 5.74) is 10.9. The summed E-state index contributed by atoms with van der Waals surface area (Å²) in [7, 11) is 1.93. The van der Waals surface area contributed by atoms with E-state index < -0.39 is 5.91 Å². The molecule has 33 heavy (non-hydrogen) atoms. The minimum atomic E-state index is -0.607. The topological polar surface area (TPSA) is 131 Å². The molecule has 0 fully saturated rings. The van der Waals surface area contributed by atoms with Crippen LogP contribution < -0.4 is 10.6 Å². The number of aromatic amines is 1. The van der Waals surface area contributed by atoms with Crippen LogP contribution in [-0.4, -0.2) is 47.9 Å². The van der Waals surface area contributed by atoms with Gasteiger partial charge in [0.25, 0.3) is 5.91 Å². The predicted octanol–water partition coefficient (Wildman–Crippen LogP) is 3.01. The largest absolute Gasteiger partial charge is 0.363 e. The maximum atomic E-state index is 11.9. The first-order chi connectivity index (χ1) is 16.1. The van der Waals surface area contributed by atoms with Gasteiger partial charge in [-0.15, -0.1) is 10.2 Å². The highest BCUT2D eigenvalue weighted by atomic mass is 16.1. The van der Waals surface area contributed by atoms with Crippen molar-refractivity contribution in [3.05, 3.63) is 72.3 Å². The lowest BCUT2D eigenvalue weighted by Crippen LogP contribution is -2.20. The molecule has 0 unspecified atom stereocenters. The molecule has 3 heterocycles. The van der Waals surface area contributed by atoms with Gasteiger partial charge in [0, 0.05) is 30.1 Å². The van der Waals surface area contributed by atoms with Crippen LogP contribution in [0.1, 0.15) is 23.2 Å². The summed E-state index contributed by atoms with van der Waals surface area (Å²) < 4.78 is 1.68. The Hall–Kier alpha value is -4.60. The molecule has 10 heteroatoms. The number of nitrogens with zero attached hydrogens (tertiary/aromatic N) is 7. The Morgan fingerprint density at radius 2 is 1.88 bits per heavy atom. The van der Waals surface area contributed by atoms with E-state index in [2.05, 4.69) is 30.6 Å². The molecule has 0 bridgehead atoms.